The highest BCUT2D eigenvalue weighted by molar-refractivity contribution is 5.96. The van der Waals surface area contributed by atoms with Crippen LogP contribution in [0.25, 0.3) is 0 Å². The van der Waals surface area contributed by atoms with Crippen molar-refractivity contribution >= 4 is 34.9 Å². The van der Waals surface area contributed by atoms with Gasteiger partial charge in [-0.15, -0.1) is 0 Å². The Kier molecular flexibility index (Phi) is 6.36. The Morgan fingerprint density at radius 1 is 1.03 bits per heavy atom. The lowest BCUT2D eigenvalue weighted by atomic mass is 10.1. The van der Waals surface area contributed by atoms with Gasteiger partial charge in [-0.1, -0.05) is 18.2 Å². The van der Waals surface area contributed by atoms with Crippen LogP contribution in [0.1, 0.15) is 26.3 Å². The van der Waals surface area contributed by atoms with Gasteiger partial charge >= 0.3 is 11.7 Å². The van der Waals surface area contributed by atoms with E-state index in [0.29, 0.717) is 16.8 Å². The molecule has 0 bridgehead atoms. The molecular formula is C20H18N6O5. The average Bonchev–Trinajstić information content (AvgIpc) is 2.77. The van der Waals surface area contributed by atoms with Crippen LogP contribution in [0.4, 0.5) is 23.0 Å². The summed E-state index contributed by atoms with van der Waals surface area (Å²) >= 11 is 0. The Morgan fingerprint density at radius 3 is 2.35 bits per heavy atom. The van der Waals surface area contributed by atoms with Crippen molar-refractivity contribution < 1.29 is 19.2 Å². The lowest BCUT2D eigenvalue weighted by Gasteiger charge is -2.12. The monoisotopic (exact) mass is 422 g/mol. The van der Waals surface area contributed by atoms with Crippen LogP contribution in [0, 0.1) is 17.0 Å². The van der Waals surface area contributed by atoms with Gasteiger partial charge in [0.25, 0.3) is 5.91 Å². The molecule has 3 N–H and O–H groups in total. The van der Waals surface area contributed by atoms with E-state index in [-0.39, 0.29) is 11.6 Å². The molecule has 0 saturated heterocycles. The second-order valence-corrected chi connectivity index (χ2v) is 6.26. The molecule has 0 fully saturated rings. The molecule has 0 atom stereocenters. The Bertz CT molecular complexity index is 1130. The first-order valence-electron chi connectivity index (χ1n) is 8.97. The van der Waals surface area contributed by atoms with E-state index in [9.17, 15) is 19.7 Å². The van der Waals surface area contributed by atoms with Crippen LogP contribution < -0.4 is 16.2 Å². The highest BCUT2D eigenvalue weighted by atomic mass is 16.6. The molecule has 1 heterocycles. The van der Waals surface area contributed by atoms with E-state index in [1.54, 1.807) is 43.3 Å². The van der Waals surface area contributed by atoms with Gasteiger partial charge in [-0.3, -0.25) is 25.8 Å². The predicted octanol–water partition coefficient (Wildman–Crippen LogP) is 2.98. The van der Waals surface area contributed by atoms with Crippen molar-refractivity contribution in [1.82, 2.24) is 15.4 Å². The molecular weight excluding hydrogens is 404 g/mol. The normalized spacial score (nSPS) is 10.1. The van der Waals surface area contributed by atoms with Crippen molar-refractivity contribution in [1.29, 1.82) is 0 Å². The second-order valence-electron chi connectivity index (χ2n) is 6.26. The molecule has 158 valence electrons. The number of aryl methyl sites for hydroxylation is 1. The summed E-state index contributed by atoms with van der Waals surface area (Å²) in [4.78, 5) is 42.7. The number of benzene rings is 2. The number of hydrazine groups is 1. The molecule has 0 aliphatic carbocycles. The van der Waals surface area contributed by atoms with Crippen molar-refractivity contribution in [2.45, 2.75) is 6.92 Å². The summed E-state index contributed by atoms with van der Waals surface area (Å²) in [7, 11) is 1.27. The fraction of sp³-hybridized carbons (Fsp3) is 0.100. The summed E-state index contributed by atoms with van der Waals surface area (Å²) in [5.41, 5.74) is 6.36. The Balaban J connectivity index is 1.81. The molecule has 1 aromatic heterocycles. The molecule has 11 nitrogen and oxygen atoms in total. The third-order valence-electron chi connectivity index (χ3n) is 4.26. The largest absolute Gasteiger partial charge is 0.465 e. The van der Waals surface area contributed by atoms with Gasteiger partial charge in [0, 0.05) is 11.3 Å². The first-order valence-corrected chi connectivity index (χ1v) is 8.97. The van der Waals surface area contributed by atoms with Crippen molar-refractivity contribution in [3.63, 3.8) is 0 Å². The van der Waals surface area contributed by atoms with Crippen LogP contribution in [-0.4, -0.2) is 33.9 Å². The van der Waals surface area contributed by atoms with Crippen LogP contribution in [0.2, 0.25) is 0 Å². The molecule has 0 saturated carbocycles. The second kappa shape index (κ2) is 9.31. The van der Waals surface area contributed by atoms with Crippen LogP contribution in [0.3, 0.4) is 0 Å². The third-order valence-corrected chi connectivity index (χ3v) is 4.26. The quantitative estimate of drug-likeness (QED) is 0.297. The van der Waals surface area contributed by atoms with Crippen LogP contribution in [0.15, 0.2) is 54.9 Å². The summed E-state index contributed by atoms with van der Waals surface area (Å²) < 4.78 is 4.63. The number of hydrogen-bond donors (Lipinski definition) is 3. The number of carbonyl (C=O) groups excluding carboxylic acids is 2. The number of ether oxygens (including phenoxy) is 1. The minimum Gasteiger partial charge on any atom is -0.465 e. The number of hydrogen-bond acceptors (Lipinski definition) is 9. The zero-order valence-corrected chi connectivity index (χ0v) is 16.6. The van der Waals surface area contributed by atoms with Gasteiger partial charge in [0.2, 0.25) is 11.6 Å². The minimum absolute atomic E-state index is 0.0986. The number of methoxy groups -OCH3 is 1. The molecule has 0 aliphatic heterocycles. The van der Waals surface area contributed by atoms with E-state index in [4.69, 9.17) is 0 Å². The van der Waals surface area contributed by atoms with Gasteiger partial charge in [0.15, 0.2) is 0 Å². The molecule has 11 heteroatoms. The third kappa shape index (κ3) is 4.90. The number of rotatable bonds is 7. The molecule has 3 aromatic rings. The number of nitrogens with one attached hydrogen (secondary N) is 3. The number of anilines is 3. The van der Waals surface area contributed by atoms with Gasteiger partial charge in [-0.25, -0.2) is 14.8 Å². The van der Waals surface area contributed by atoms with E-state index in [1.165, 1.54) is 19.2 Å². The Labute approximate surface area is 176 Å². The van der Waals surface area contributed by atoms with E-state index >= 15 is 0 Å². The average molecular weight is 422 g/mol. The van der Waals surface area contributed by atoms with Gasteiger partial charge in [0.05, 0.1) is 17.6 Å². The van der Waals surface area contributed by atoms with Gasteiger partial charge in [-0.2, -0.15) is 0 Å². The summed E-state index contributed by atoms with van der Waals surface area (Å²) in [6.45, 7) is 1.77. The number of aromatic nitrogens is 2. The van der Waals surface area contributed by atoms with Crippen molar-refractivity contribution in [2.24, 2.45) is 0 Å². The number of nitro groups is 1. The highest BCUT2D eigenvalue weighted by Gasteiger charge is 2.24. The van der Waals surface area contributed by atoms with Crippen molar-refractivity contribution in [3.05, 3.63) is 81.7 Å². The number of nitrogens with zero attached hydrogens (tertiary/aromatic N) is 3. The summed E-state index contributed by atoms with van der Waals surface area (Å²) in [6, 6.07) is 13.0. The van der Waals surface area contributed by atoms with Gasteiger partial charge < -0.3 is 10.1 Å². The first kappa shape index (κ1) is 21.2. The molecule has 2 aromatic carbocycles. The van der Waals surface area contributed by atoms with Crippen LogP contribution >= 0.6 is 0 Å². The Hall–Kier alpha value is -4.54. The SMILES string of the molecule is COC(=O)c1ccc(Nc2ncnc(NNC(=O)c3ccccc3C)c2[N+](=O)[O-])cc1. The van der Waals surface area contributed by atoms with Gasteiger partial charge in [-0.05, 0) is 42.8 Å². The maximum Gasteiger partial charge on any atom is 0.355 e. The molecule has 0 radical (unpaired) electrons. The topological polar surface area (TPSA) is 148 Å². The van der Waals surface area contributed by atoms with E-state index < -0.39 is 22.5 Å². The van der Waals surface area contributed by atoms with Gasteiger partial charge in [0.1, 0.15) is 6.33 Å². The standard InChI is InChI=1S/C20H18N6O5/c1-12-5-3-4-6-15(12)19(27)25-24-18-16(26(29)30)17(21-11-22-18)23-14-9-7-13(8-10-14)20(28)31-2/h3-11H,1-2H3,(H,25,27)(H2,21,22,23,24). The lowest BCUT2D eigenvalue weighted by molar-refractivity contribution is -0.383. The number of amides is 1. The fourth-order valence-corrected chi connectivity index (χ4v) is 2.69. The predicted molar refractivity (Wildman–Crippen MR) is 112 cm³/mol. The van der Waals surface area contributed by atoms with Crippen molar-refractivity contribution in [2.75, 3.05) is 17.9 Å². The van der Waals surface area contributed by atoms with Crippen LogP contribution in [-0.2, 0) is 4.74 Å². The zero-order chi connectivity index (χ0) is 22.4. The van der Waals surface area contributed by atoms with E-state index in [0.717, 1.165) is 11.9 Å². The highest BCUT2D eigenvalue weighted by Crippen LogP contribution is 2.30. The van der Waals surface area contributed by atoms with Crippen molar-refractivity contribution in [3.8, 4) is 0 Å². The number of carbonyl (C=O) groups is 2. The smallest absolute Gasteiger partial charge is 0.355 e. The fourth-order valence-electron chi connectivity index (χ4n) is 2.69. The maximum absolute atomic E-state index is 12.4. The molecule has 3 rings (SSSR count). The van der Waals surface area contributed by atoms with E-state index in [2.05, 4.69) is 30.9 Å². The Morgan fingerprint density at radius 2 is 1.71 bits per heavy atom. The summed E-state index contributed by atoms with van der Waals surface area (Å²) in [6.07, 6.45) is 1.11. The van der Waals surface area contributed by atoms with Crippen LogP contribution in [0.5, 0.6) is 0 Å². The molecule has 0 unspecified atom stereocenters. The lowest BCUT2D eigenvalue weighted by Crippen LogP contribution is -2.30. The molecule has 0 aliphatic rings. The summed E-state index contributed by atoms with van der Waals surface area (Å²) in [5, 5.41) is 14.5. The molecule has 31 heavy (non-hydrogen) atoms. The summed E-state index contributed by atoms with van der Waals surface area (Å²) in [5.74, 6) is -1.27. The molecule has 0 spiro atoms. The molecule has 1 amide bonds. The zero-order valence-electron chi connectivity index (χ0n) is 16.6. The maximum atomic E-state index is 12.4. The van der Waals surface area contributed by atoms with E-state index in [1.807, 2.05) is 0 Å². The number of esters is 1. The minimum atomic E-state index is -0.673. The first-order chi connectivity index (χ1) is 14.9.